The maximum absolute atomic E-state index is 9.24. The molecule has 0 aliphatic heterocycles. The fourth-order valence-electron chi connectivity index (χ4n) is 1.89. The quantitative estimate of drug-likeness (QED) is 0.752. The molecule has 0 fully saturated rings. The first-order chi connectivity index (χ1) is 7.82. The van der Waals surface area contributed by atoms with Gasteiger partial charge < -0.3 is 4.90 Å². The molecule has 92 valence electrons. The monoisotopic (exact) mass is 232 g/mol. The van der Waals surface area contributed by atoms with Crippen molar-refractivity contribution in [2.24, 2.45) is 7.05 Å². The largest absolute Gasteiger partial charge is 0.347 e. The molecule has 0 bridgehead atoms. The number of rotatable bonds is 3. The highest BCUT2D eigenvalue weighted by molar-refractivity contribution is 5.58. The van der Waals surface area contributed by atoms with Gasteiger partial charge >= 0.3 is 0 Å². The van der Waals surface area contributed by atoms with Gasteiger partial charge in [-0.15, -0.1) is 6.58 Å². The number of hydrogen-bond donors (Lipinski definition) is 0. The summed E-state index contributed by atoms with van der Waals surface area (Å²) >= 11 is 0. The molecule has 0 spiro atoms. The van der Waals surface area contributed by atoms with Gasteiger partial charge in [-0.25, -0.2) is 0 Å². The van der Waals surface area contributed by atoms with Crippen LogP contribution in [-0.2, 0) is 7.05 Å². The number of aryl methyl sites for hydroxylation is 2. The molecule has 0 aliphatic carbocycles. The Balaban J connectivity index is 3.38. The fourth-order valence-corrected chi connectivity index (χ4v) is 1.89. The van der Waals surface area contributed by atoms with E-state index in [1.54, 1.807) is 4.68 Å². The van der Waals surface area contributed by atoms with Crippen molar-refractivity contribution in [3.8, 4) is 6.07 Å². The van der Waals surface area contributed by atoms with Crippen LogP contribution in [-0.4, -0.2) is 21.9 Å². The Kier molecular flexibility index (Phi) is 3.62. The van der Waals surface area contributed by atoms with E-state index in [9.17, 15) is 5.26 Å². The minimum atomic E-state index is -0.0833. The Labute approximate surface area is 103 Å². The Morgan fingerprint density at radius 3 is 2.53 bits per heavy atom. The van der Waals surface area contributed by atoms with Gasteiger partial charge in [0.05, 0.1) is 5.69 Å². The lowest BCUT2D eigenvalue weighted by Gasteiger charge is -2.36. The van der Waals surface area contributed by atoms with E-state index in [-0.39, 0.29) is 5.54 Å². The van der Waals surface area contributed by atoms with Crippen LogP contribution < -0.4 is 4.90 Å². The minimum absolute atomic E-state index is 0.0833. The molecule has 0 radical (unpaired) electrons. The minimum Gasteiger partial charge on any atom is -0.347 e. The lowest BCUT2D eigenvalue weighted by atomic mass is 10.0. The van der Waals surface area contributed by atoms with Crippen LogP contribution in [0.3, 0.4) is 0 Å². The van der Waals surface area contributed by atoms with E-state index in [4.69, 9.17) is 0 Å². The van der Waals surface area contributed by atoms with Crippen LogP contribution in [0.2, 0.25) is 0 Å². The normalized spacial score (nSPS) is 11.1. The third-order valence-corrected chi connectivity index (χ3v) is 2.68. The van der Waals surface area contributed by atoms with Crippen LogP contribution in [0.25, 0.3) is 0 Å². The van der Waals surface area contributed by atoms with Crippen molar-refractivity contribution in [1.29, 1.82) is 5.26 Å². The maximum Gasteiger partial charge on any atom is 0.145 e. The van der Waals surface area contributed by atoms with Gasteiger partial charge in [0, 0.05) is 19.1 Å². The van der Waals surface area contributed by atoms with Crippen molar-refractivity contribution in [3.63, 3.8) is 0 Å². The zero-order valence-corrected chi connectivity index (χ0v) is 11.3. The molecule has 0 aromatic carbocycles. The number of nitriles is 1. The summed E-state index contributed by atoms with van der Waals surface area (Å²) in [6, 6.07) is 2.24. The van der Waals surface area contributed by atoms with Gasteiger partial charge in [-0.3, -0.25) is 4.68 Å². The zero-order chi connectivity index (χ0) is 13.2. The van der Waals surface area contributed by atoms with Crippen molar-refractivity contribution in [1.82, 2.24) is 9.78 Å². The average molecular weight is 232 g/mol. The molecule has 1 aromatic heterocycles. The topological polar surface area (TPSA) is 44.9 Å². The maximum atomic E-state index is 9.24. The number of nitrogens with zero attached hydrogens (tertiary/aromatic N) is 4. The van der Waals surface area contributed by atoms with Crippen molar-refractivity contribution in [2.45, 2.75) is 33.2 Å². The van der Waals surface area contributed by atoms with Crippen molar-refractivity contribution >= 4 is 5.82 Å². The van der Waals surface area contributed by atoms with E-state index in [1.807, 2.05) is 20.0 Å². The first-order valence-electron chi connectivity index (χ1n) is 5.65. The van der Waals surface area contributed by atoms with Crippen LogP contribution in [0.5, 0.6) is 0 Å². The second-order valence-electron chi connectivity index (χ2n) is 5.09. The number of anilines is 1. The second-order valence-corrected chi connectivity index (χ2v) is 5.09. The second kappa shape index (κ2) is 4.62. The fraction of sp³-hybridized carbons (Fsp3) is 0.538. The predicted octanol–water partition coefficient (Wildman–Crippen LogP) is 2.39. The van der Waals surface area contributed by atoms with E-state index in [0.29, 0.717) is 12.1 Å². The molecule has 0 saturated heterocycles. The third kappa shape index (κ3) is 2.50. The lowest BCUT2D eigenvalue weighted by molar-refractivity contribution is 0.506. The van der Waals surface area contributed by atoms with Gasteiger partial charge in [0.2, 0.25) is 0 Å². The highest BCUT2D eigenvalue weighted by Gasteiger charge is 2.27. The third-order valence-electron chi connectivity index (χ3n) is 2.68. The molecule has 17 heavy (non-hydrogen) atoms. The van der Waals surface area contributed by atoms with Crippen molar-refractivity contribution in [2.75, 3.05) is 11.4 Å². The molecule has 1 rings (SSSR count). The standard InChI is InChI=1S/C13H20N4/c1-7-8-17(13(3,4)5)12-11(9-14)10(2)15-16(12)6/h7H,1,8H2,2-6H3. The molecule has 0 atom stereocenters. The van der Waals surface area contributed by atoms with Crippen LogP contribution in [0.1, 0.15) is 32.0 Å². The van der Waals surface area contributed by atoms with Gasteiger partial charge in [0.1, 0.15) is 17.5 Å². The number of hydrogen-bond acceptors (Lipinski definition) is 3. The predicted molar refractivity (Wildman–Crippen MR) is 70.0 cm³/mol. The van der Waals surface area contributed by atoms with Crippen molar-refractivity contribution < 1.29 is 0 Å². The average Bonchev–Trinajstić information content (AvgIpc) is 2.47. The van der Waals surface area contributed by atoms with Gasteiger partial charge in [-0.05, 0) is 27.7 Å². The summed E-state index contributed by atoms with van der Waals surface area (Å²) in [6.45, 7) is 12.7. The molecule has 4 nitrogen and oxygen atoms in total. The summed E-state index contributed by atoms with van der Waals surface area (Å²) < 4.78 is 1.77. The molecule has 0 aliphatic rings. The van der Waals surface area contributed by atoms with E-state index in [0.717, 1.165) is 11.5 Å². The Morgan fingerprint density at radius 1 is 1.53 bits per heavy atom. The molecule has 1 aromatic rings. The van der Waals surface area contributed by atoms with Crippen LogP contribution >= 0.6 is 0 Å². The molecule has 4 heteroatoms. The highest BCUT2D eigenvalue weighted by atomic mass is 15.4. The van der Waals surface area contributed by atoms with Crippen LogP contribution in [0.4, 0.5) is 5.82 Å². The molecular weight excluding hydrogens is 212 g/mol. The molecular formula is C13H20N4. The first-order valence-corrected chi connectivity index (χ1v) is 5.65. The molecule has 1 heterocycles. The van der Waals surface area contributed by atoms with E-state index in [2.05, 4.69) is 43.4 Å². The zero-order valence-electron chi connectivity index (χ0n) is 11.3. The van der Waals surface area contributed by atoms with Crippen LogP contribution in [0, 0.1) is 18.3 Å². The summed E-state index contributed by atoms with van der Waals surface area (Å²) in [6.07, 6.45) is 1.84. The summed E-state index contributed by atoms with van der Waals surface area (Å²) in [5.41, 5.74) is 1.33. The van der Waals surface area contributed by atoms with Crippen LogP contribution in [0.15, 0.2) is 12.7 Å². The molecule has 0 N–H and O–H groups in total. The lowest BCUT2D eigenvalue weighted by Crippen LogP contribution is -2.43. The van der Waals surface area contributed by atoms with Gasteiger partial charge in [0.15, 0.2) is 0 Å². The Bertz CT molecular complexity index is 457. The SMILES string of the molecule is C=CCN(c1c(C#N)c(C)nn1C)C(C)(C)C. The number of aromatic nitrogens is 2. The van der Waals surface area contributed by atoms with Crippen molar-refractivity contribution in [3.05, 3.63) is 23.9 Å². The highest BCUT2D eigenvalue weighted by Crippen LogP contribution is 2.28. The molecule has 0 saturated carbocycles. The summed E-state index contributed by atoms with van der Waals surface area (Å²) in [5, 5.41) is 13.6. The smallest absolute Gasteiger partial charge is 0.145 e. The summed E-state index contributed by atoms with van der Waals surface area (Å²) in [4.78, 5) is 2.14. The molecule has 0 unspecified atom stereocenters. The van der Waals surface area contributed by atoms with Gasteiger partial charge in [0.25, 0.3) is 0 Å². The summed E-state index contributed by atoms with van der Waals surface area (Å²) in [5.74, 6) is 0.859. The van der Waals surface area contributed by atoms with Gasteiger partial charge in [-0.2, -0.15) is 10.4 Å². The first kappa shape index (κ1) is 13.3. The Hall–Kier alpha value is -1.76. The van der Waals surface area contributed by atoms with E-state index < -0.39 is 0 Å². The van der Waals surface area contributed by atoms with E-state index in [1.165, 1.54) is 0 Å². The summed E-state index contributed by atoms with van der Waals surface area (Å²) in [7, 11) is 1.87. The van der Waals surface area contributed by atoms with Gasteiger partial charge in [-0.1, -0.05) is 6.08 Å². The molecule has 0 amide bonds. The van der Waals surface area contributed by atoms with E-state index >= 15 is 0 Å². The Morgan fingerprint density at radius 2 is 2.12 bits per heavy atom.